The van der Waals surface area contributed by atoms with Crippen LogP contribution in [0.5, 0.6) is 0 Å². The molecule has 3 aromatic rings. The van der Waals surface area contributed by atoms with Crippen LogP contribution < -0.4 is 5.32 Å². The number of aryl methyl sites for hydroxylation is 1. The van der Waals surface area contributed by atoms with Gasteiger partial charge in [0.05, 0.1) is 12.1 Å². The van der Waals surface area contributed by atoms with Crippen LogP contribution in [0.25, 0.3) is 0 Å². The Morgan fingerprint density at radius 2 is 1.74 bits per heavy atom. The van der Waals surface area contributed by atoms with Crippen molar-refractivity contribution in [1.82, 2.24) is 20.2 Å². The van der Waals surface area contributed by atoms with Gasteiger partial charge in [-0.2, -0.15) is 0 Å². The number of halogens is 1. The molecule has 0 radical (unpaired) electrons. The molecule has 2 heterocycles. The summed E-state index contributed by atoms with van der Waals surface area (Å²) < 4.78 is 3.12. The maximum absolute atomic E-state index is 4.17. The van der Waals surface area contributed by atoms with E-state index < -0.39 is 0 Å². The Morgan fingerprint density at radius 3 is 2.48 bits per heavy atom. The molecular formula is C17H16IN5. The highest BCUT2D eigenvalue weighted by Crippen LogP contribution is 2.37. The van der Waals surface area contributed by atoms with Gasteiger partial charge in [-0.3, -0.25) is 0 Å². The van der Waals surface area contributed by atoms with Crippen LogP contribution in [0.1, 0.15) is 35.2 Å². The van der Waals surface area contributed by atoms with Crippen LogP contribution >= 0.6 is 22.6 Å². The zero-order valence-corrected chi connectivity index (χ0v) is 14.8. The van der Waals surface area contributed by atoms with Gasteiger partial charge >= 0.3 is 0 Å². The highest BCUT2D eigenvalue weighted by molar-refractivity contribution is 14.1. The SMILES string of the molecule is Cc1ccc(C2CC(c3ccc(I)cc3)Nc3nnnn32)cc1. The van der Waals surface area contributed by atoms with Gasteiger partial charge in [0, 0.05) is 3.57 Å². The lowest BCUT2D eigenvalue weighted by atomic mass is 9.93. The molecule has 0 amide bonds. The molecule has 1 N–H and O–H groups in total. The van der Waals surface area contributed by atoms with E-state index in [-0.39, 0.29) is 12.1 Å². The van der Waals surface area contributed by atoms with Crippen LogP contribution in [0, 0.1) is 10.5 Å². The molecule has 6 heteroatoms. The Hall–Kier alpha value is -1.96. The zero-order chi connectivity index (χ0) is 15.8. The third-order valence-corrected chi connectivity index (χ3v) is 5.00. The fourth-order valence-electron chi connectivity index (χ4n) is 3.02. The van der Waals surface area contributed by atoms with E-state index in [1.54, 1.807) is 0 Å². The van der Waals surface area contributed by atoms with E-state index in [2.05, 4.69) is 98.9 Å². The van der Waals surface area contributed by atoms with Crippen molar-refractivity contribution < 1.29 is 0 Å². The van der Waals surface area contributed by atoms with Crippen LogP contribution in [0.3, 0.4) is 0 Å². The molecule has 23 heavy (non-hydrogen) atoms. The van der Waals surface area contributed by atoms with E-state index >= 15 is 0 Å². The number of hydrogen-bond donors (Lipinski definition) is 1. The first-order valence-corrected chi connectivity index (χ1v) is 8.65. The number of rotatable bonds is 2. The highest BCUT2D eigenvalue weighted by Gasteiger charge is 2.30. The van der Waals surface area contributed by atoms with Gasteiger partial charge in [-0.1, -0.05) is 47.1 Å². The average Bonchev–Trinajstić information content (AvgIpc) is 3.04. The topological polar surface area (TPSA) is 55.6 Å². The first-order valence-electron chi connectivity index (χ1n) is 7.57. The van der Waals surface area contributed by atoms with Crippen molar-refractivity contribution in [2.45, 2.75) is 25.4 Å². The number of nitrogens with zero attached hydrogens (tertiary/aromatic N) is 4. The van der Waals surface area contributed by atoms with Gasteiger partial charge in [0.2, 0.25) is 5.95 Å². The lowest BCUT2D eigenvalue weighted by Crippen LogP contribution is -2.28. The van der Waals surface area contributed by atoms with Gasteiger partial charge in [0.25, 0.3) is 0 Å². The van der Waals surface area contributed by atoms with Crippen LogP contribution in [-0.4, -0.2) is 20.2 Å². The first kappa shape index (κ1) is 14.6. The van der Waals surface area contributed by atoms with E-state index in [1.165, 1.54) is 20.3 Å². The minimum Gasteiger partial charge on any atom is -0.346 e. The molecule has 2 aromatic carbocycles. The maximum Gasteiger partial charge on any atom is 0.243 e. The fourth-order valence-corrected chi connectivity index (χ4v) is 3.38. The molecule has 0 spiro atoms. The second-order valence-corrected chi connectivity index (χ2v) is 7.10. The van der Waals surface area contributed by atoms with Gasteiger partial charge in [-0.15, -0.1) is 0 Å². The lowest BCUT2D eigenvalue weighted by molar-refractivity contribution is 0.423. The minimum absolute atomic E-state index is 0.145. The highest BCUT2D eigenvalue weighted by atomic mass is 127. The van der Waals surface area contributed by atoms with Gasteiger partial charge in [0.15, 0.2) is 0 Å². The van der Waals surface area contributed by atoms with Crippen LogP contribution in [0.4, 0.5) is 5.95 Å². The maximum atomic E-state index is 4.17. The average molecular weight is 417 g/mol. The van der Waals surface area contributed by atoms with Gasteiger partial charge < -0.3 is 5.32 Å². The smallest absolute Gasteiger partial charge is 0.243 e. The predicted molar refractivity (Wildman–Crippen MR) is 97.3 cm³/mol. The van der Waals surface area contributed by atoms with E-state index in [1.807, 2.05) is 4.68 Å². The number of tetrazole rings is 1. The van der Waals surface area contributed by atoms with Crippen LogP contribution in [0.15, 0.2) is 48.5 Å². The summed E-state index contributed by atoms with van der Waals surface area (Å²) in [4.78, 5) is 0. The summed E-state index contributed by atoms with van der Waals surface area (Å²) in [6.45, 7) is 2.10. The molecule has 1 aromatic heterocycles. The van der Waals surface area contributed by atoms with Crippen molar-refractivity contribution in [3.63, 3.8) is 0 Å². The molecule has 116 valence electrons. The molecule has 0 fully saturated rings. The molecular weight excluding hydrogens is 401 g/mol. The first-order chi connectivity index (χ1) is 11.2. The number of hydrogen-bond acceptors (Lipinski definition) is 4. The molecule has 0 bridgehead atoms. The van der Waals surface area contributed by atoms with E-state index in [9.17, 15) is 0 Å². The standard InChI is InChI=1S/C17H16IN5/c1-11-2-4-13(5-3-11)16-10-15(12-6-8-14(18)9-7-12)19-17-20-21-22-23(16)17/h2-9,15-16H,10H2,1H3,(H,19,20,22). The third kappa shape index (κ3) is 2.83. The Balaban J connectivity index is 1.71. The Kier molecular flexibility index (Phi) is 3.76. The second-order valence-electron chi connectivity index (χ2n) is 5.86. The van der Waals surface area contributed by atoms with Crippen LogP contribution in [0.2, 0.25) is 0 Å². The van der Waals surface area contributed by atoms with Gasteiger partial charge in [-0.25, -0.2) is 4.68 Å². The van der Waals surface area contributed by atoms with E-state index in [4.69, 9.17) is 0 Å². The molecule has 2 atom stereocenters. The molecule has 0 aliphatic carbocycles. The molecule has 1 aliphatic heterocycles. The summed E-state index contributed by atoms with van der Waals surface area (Å²) in [5.41, 5.74) is 3.76. The summed E-state index contributed by atoms with van der Waals surface area (Å²) in [5.74, 6) is 0.727. The van der Waals surface area contributed by atoms with E-state index in [0.717, 1.165) is 12.4 Å². The molecule has 4 rings (SSSR count). The van der Waals surface area contributed by atoms with Crippen molar-refractivity contribution in [2.24, 2.45) is 0 Å². The molecule has 2 unspecified atom stereocenters. The monoisotopic (exact) mass is 417 g/mol. The Labute approximate surface area is 148 Å². The second kappa shape index (κ2) is 5.92. The molecule has 5 nitrogen and oxygen atoms in total. The van der Waals surface area contributed by atoms with Crippen molar-refractivity contribution in [3.05, 3.63) is 68.8 Å². The van der Waals surface area contributed by atoms with Crippen molar-refractivity contribution in [3.8, 4) is 0 Å². The largest absolute Gasteiger partial charge is 0.346 e. The molecule has 0 saturated carbocycles. The molecule has 1 aliphatic rings. The number of nitrogens with one attached hydrogen (secondary N) is 1. The summed E-state index contributed by atoms with van der Waals surface area (Å²) in [6.07, 6.45) is 0.918. The summed E-state index contributed by atoms with van der Waals surface area (Å²) in [5, 5.41) is 15.6. The lowest BCUT2D eigenvalue weighted by Gasteiger charge is -2.31. The number of fused-ring (bicyclic) bond motifs is 1. The predicted octanol–water partition coefficient (Wildman–Crippen LogP) is 3.73. The normalized spacial score (nSPS) is 19.9. The summed E-state index contributed by atoms with van der Waals surface area (Å²) in [7, 11) is 0. The van der Waals surface area contributed by atoms with Gasteiger partial charge in [0.1, 0.15) is 0 Å². The number of aromatic nitrogens is 4. The number of anilines is 1. The van der Waals surface area contributed by atoms with Crippen molar-refractivity contribution in [2.75, 3.05) is 5.32 Å². The van der Waals surface area contributed by atoms with Crippen molar-refractivity contribution >= 4 is 28.5 Å². The summed E-state index contributed by atoms with van der Waals surface area (Å²) in [6, 6.07) is 17.6. The zero-order valence-electron chi connectivity index (χ0n) is 12.6. The van der Waals surface area contributed by atoms with E-state index in [0.29, 0.717) is 0 Å². The van der Waals surface area contributed by atoms with Crippen molar-refractivity contribution in [1.29, 1.82) is 0 Å². The van der Waals surface area contributed by atoms with Gasteiger partial charge in [-0.05, 0) is 69.6 Å². The number of benzene rings is 2. The summed E-state index contributed by atoms with van der Waals surface area (Å²) >= 11 is 2.33. The Bertz CT molecular complexity index is 810. The van der Waals surface area contributed by atoms with Crippen LogP contribution in [-0.2, 0) is 0 Å². The quantitative estimate of drug-likeness (QED) is 0.646. The minimum atomic E-state index is 0.145. The Morgan fingerprint density at radius 1 is 1.04 bits per heavy atom. The fraction of sp³-hybridized carbons (Fsp3) is 0.235. The molecule has 0 saturated heterocycles. The third-order valence-electron chi connectivity index (χ3n) is 4.28.